The first-order chi connectivity index (χ1) is 10.4. The molecule has 1 aromatic rings. The van der Waals surface area contributed by atoms with Gasteiger partial charge in [0.25, 0.3) is 0 Å². The molecule has 1 N–H and O–H groups in total. The van der Waals surface area contributed by atoms with Gasteiger partial charge in [0.05, 0.1) is 31.9 Å². The van der Waals surface area contributed by atoms with Crippen LogP contribution in [0.1, 0.15) is 12.0 Å². The van der Waals surface area contributed by atoms with Gasteiger partial charge in [0.2, 0.25) is 5.91 Å². The highest BCUT2D eigenvalue weighted by atomic mass is 19.4. The summed E-state index contributed by atoms with van der Waals surface area (Å²) in [6.45, 7) is -0.525. The zero-order chi connectivity index (χ0) is 16.2. The van der Waals surface area contributed by atoms with Crippen molar-refractivity contribution < 1.29 is 27.8 Å². The van der Waals surface area contributed by atoms with Crippen molar-refractivity contribution in [1.82, 2.24) is 5.01 Å². The molecule has 1 heterocycles. The second-order valence-corrected chi connectivity index (χ2v) is 4.85. The number of rotatable bonds is 6. The van der Waals surface area contributed by atoms with Crippen molar-refractivity contribution in [1.29, 1.82) is 0 Å². The van der Waals surface area contributed by atoms with E-state index in [9.17, 15) is 18.0 Å². The van der Waals surface area contributed by atoms with Gasteiger partial charge in [0.15, 0.2) is 6.10 Å². The fraction of sp³-hybridized carbons (Fsp3) is 0.429. The van der Waals surface area contributed by atoms with Gasteiger partial charge in [-0.05, 0) is 5.56 Å². The molecule has 0 spiro atoms. The Hall–Kier alpha value is -1.93. The third-order valence-corrected chi connectivity index (χ3v) is 3.01. The standard InChI is InChI=1S/C14H15F3N2O3/c15-14(16,17)12(20)7-19-13(21)6-11(18-19)9-22-8-10-4-2-1-3-5-10/h1-5,12,20H,6-9H2. The molecule has 1 unspecified atom stereocenters. The molecule has 1 amide bonds. The largest absolute Gasteiger partial charge is 0.416 e. The summed E-state index contributed by atoms with van der Waals surface area (Å²) >= 11 is 0. The number of amides is 1. The molecule has 8 heteroatoms. The normalized spacial score (nSPS) is 16.8. The van der Waals surface area contributed by atoms with Crippen molar-refractivity contribution in [3.05, 3.63) is 35.9 Å². The van der Waals surface area contributed by atoms with Gasteiger partial charge in [-0.1, -0.05) is 30.3 Å². The van der Waals surface area contributed by atoms with Gasteiger partial charge in [-0.3, -0.25) is 4.79 Å². The summed E-state index contributed by atoms with van der Waals surface area (Å²) in [7, 11) is 0. The number of β-amino-alcohol motifs (C(OH)–C–C–N with tert-alkyl or cyclic N) is 1. The topological polar surface area (TPSA) is 62.1 Å². The molecule has 120 valence electrons. The minimum absolute atomic E-state index is 0.0548. The molecule has 22 heavy (non-hydrogen) atoms. The third kappa shape index (κ3) is 4.54. The van der Waals surface area contributed by atoms with E-state index in [4.69, 9.17) is 9.84 Å². The van der Waals surface area contributed by atoms with E-state index >= 15 is 0 Å². The predicted octanol–water partition coefficient (Wildman–Crippen LogP) is 1.71. The van der Waals surface area contributed by atoms with Gasteiger partial charge >= 0.3 is 6.18 Å². The van der Waals surface area contributed by atoms with E-state index < -0.39 is 24.7 Å². The number of benzene rings is 1. The van der Waals surface area contributed by atoms with Crippen molar-refractivity contribution >= 4 is 11.6 Å². The minimum atomic E-state index is -4.78. The van der Waals surface area contributed by atoms with E-state index in [-0.39, 0.29) is 13.0 Å². The Morgan fingerprint density at radius 2 is 1.95 bits per heavy atom. The number of aliphatic hydroxyl groups excluding tert-OH is 1. The lowest BCUT2D eigenvalue weighted by Gasteiger charge is -2.18. The highest BCUT2D eigenvalue weighted by Gasteiger charge is 2.41. The van der Waals surface area contributed by atoms with Gasteiger partial charge in [-0.25, -0.2) is 5.01 Å². The van der Waals surface area contributed by atoms with E-state index in [1.807, 2.05) is 30.3 Å². The molecule has 1 aromatic carbocycles. The Balaban J connectivity index is 1.83. The molecule has 0 aromatic heterocycles. The number of nitrogens with zero attached hydrogens (tertiary/aromatic N) is 2. The van der Waals surface area contributed by atoms with Gasteiger partial charge in [-0.15, -0.1) is 0 Å². The molecule has 2 rings (SSSR count). The molecule has 0 saturated heterocycles. The predicted molar refractivity (Wildman–Crippen MR) is 71.9 cm³/mol. The maximum absolute atomic E-state index is 12.3. The maximum Gasteiger partial charge on any atom is 0.416 e. The number of hydrogen-bond acceptors (Lipinski definition) is 4. The van der Waals surface area contributed by atoms with Crippen molar-refractivity contribution in [3.63, 3.8) is 0 Å². The number of ether oxygens (including phenoxy) is 1. The lowest BCUT2D eigenvalue weighted by Crippen LogP contribution is -2.39. The van der Waals surface area contributed by atoms with Crippen LogP contribution >= 0.6 is 0 Å². The molecular formula is C14H15F3N2O3. The van der Waals surface area contributed by atoms with Crippen molar-refractivity contribution in [3.8, 4) is 0 Å². The van der Waals surface area contributed by atoms with Crippen molar-refractivity contribution in [2.24, 2.45) is 5.10 Å². The first-order valence-electron chi connectivity index (χ1n) is 6.59. The summed E-state index contributed by atoms with van der Waals surface area (Å²) in [6, 6.07) is 9.32. The molecule has 0 radical (unpaired) electrons. The van der Waals surface area contributed by atoms with Gasteiger partial charge in [0.1, 0.15) is 0 Å². The van der Waals surface area contributed by atoms with E-state index in [0.717, 1.165) is 5.56 Å². The van der Waals surface area contributed by atoms with Crippen LogP contribution in [0.25, 0.3) is 0 Å². The molecule has 1 aliphatic rings. The average Bonchev–Trinajstić information content (AvgIpc) is 2.79. The molecule has 1 aliphatic heterocycles. The van der Waals surface area contributed by atoms with Crippen LogP contribution in [-0.2, 0) is 16.1 Å². The second-order valence-electron chi connectivity index (χ2n) is 4.85. The molecular weight excluding hydrogens is 301 g/mol. The summed E-state index contributed by atoms with van der Waals surface area (Å²) in [4.78, 5) is 11.6. The smallest absolute Gasteiger partial charge is 0.382 e. The van der Waals surface area contributed by atoms with Crippen LogP contribution in [0.15, 0.2) is 35.4 Å². The fourth-order valence-electron chi connectivity index (χ4n) is 1.88. The highest BCUT2D eigenvalue weighted by Crippen LogP contribution is 2.22. The fourth-order valence-corrected chi connectivity index (χ4v) is 1.88. The number of hydrazone groups is 1. The lowest BCUT2D eigenvalue weighted by molar-refractivity contribution is -0.208. The molecule has 0 aliphatic carbocycles. The van der Waals surface area contributed by atoms with Crippen LogP contribution in [-0.4, -0.2) is 47.2 Å². The van der Waals surface area contributed by atoms with Gasteiger partial charge < -0.3 is 9.84 Å². The molecule has 1 atom stereocenters. The van der Waals surface area contributed by atoms with Crippen LogP contribution in [0.5, 0.6) is 0 Å². The van der Waals surface area contributed by atoms with Crippen LogP contribution in [0, 0.1) is 0 Å². The number of carbonyl (C=O) groups excluding carboxylic acids is 1. The second kappa shape index (κ2) is 6.89. The number of alkyl halides is 3. The van der Waals surface area contributed by atoms with Crippen LogP contribution in [0.4, 0.5) is 13.2 Å². The van der Waals surface area contributed by atoms with Crippen molar-refractivity contribution in [2.45, 2.75) is 25.3 Å². The molecule has 0 bridgehead atoms. The van der Waals surface area contributed by atoms with Gasteiger partial charge in [0, 0.05) is 0 Å². The average molecular weight is 316 g/mol. The van der Waals surface area contributed by atoms with Crippen LogP contribution in [0.3, 0.4) is 0 Å². The Morgan fingerprint density at radius 3 is 2.59 bits per heavy atom. The summed E-state index contributed by atoms with van der Waals surface area (Å²) in [5.74, 6) is -0.582. The molecule has 0 fully saturated rings. The van der Waals surface area contributed by atoms with Gasteiger partial charge in [-0.2, -0.15) is 18.3 Å². The van der Waals surface area contributed by atoms with E-state index in [1.54, 1.807) is 0 Å². The Morgan fingerprint density at radius 1 is 1.27 bits per heavy atom. The van der Waals surface area contributed by atoms with Crippen molar-refractivity contribution in [2.75, 3.05) is 13.2 Å². The number of carbonyl (C=O) groups is 1. The van der Waals surface area contributed by atoms with Crippen LogP contribution < -0.4 is 0 Å². The number of halogens is 3. The zero-order valence-corrected chi connectivity index (χ0v) is 11.6. The first kappa shape index (κ1) is 16.4. The summed E-state index contributed by atoms with van der Waals surface area (Å²) in [6.07, 6.45) is -7.48. The Kier molecular flexibility index (Phi) is 5.15. The Bertz CT molecular complexity index is 546. The Labute approximate surface area is 125 Å². The monoisotopic (exact) mass is 316 g/mol. The molecule has 5 nitrogen and oxygen atoms in total. The summed E-state index contributed by atoms with van der Waals surface area (Å²) < 4.78 is 42.1. The number of aliphatic hydroxyl groups is 1. The summed E-state index contributed by atoms with van der Waals surface area (Å²) in [5.41, 5.74) is 1.28. The first-order valence-corrected chi connectivity index (χ1v) is 6.59. The molecule has 0 saturated carbocycles. The third-order valence-electron chi connectivity index (χ3n) is 3.01. The zero-order valence-electron chi connectivity index (χ0n) is 11.6. The van der Waals surface area contributed by atoms with E-state index in [2.05, 4.69) is 5.10 Å². The maximum atomic E-state index is 12.3. The van der Waals surface area contributed by atoms with Crippen LogP contribution in [0.2, 0.25) is 0 Å². The number of hydrogen-bond donors (Lipinski definition) is 1. The lowest BCUT2D eigenvalue weighted by atomic mass is 10.2. The minimum Gasteiger partial charge on any atom is -0.382 e. The summed E-state index contributed by atoms with van der Waals surface area (Å²) in [5, 5.41) is 13.4. The van der Waals surface area contributed by atoms with E-state index in [1.165, 1.54) is 0 Å². The van der Waals surface area contributed by atoms with E-state index in [0.29, 0.717) is 17.3 Å². The highest BCUT2D eigenvalue weighted by molar-refractivity contribution is 6.05. The quantitative estimate of drug-likeness (QED) is 0.869. The SMILES string of the molecule is O=C1CC(COCc2ccccc2)=NN1CC(O)C(F)(F)F.